The van der Waals surface area contributed by atoms with Crippen molar-refractivity contribution in [2.75, 3.05) is 13.2 Å². The molecular weight excluding hydrogens is 1060 g/mol. The fourth-order valence-corrected chi connectivity index (χ4v) is 9.65. The predicted octanol–water partition coefficient (Wildman–Crippen LogP) is 19.7. The molecular formula is C72H86F2O10. The smallest absolute Gasteiger partial charge is 0.343 e. The lowest BCUT2D eigenvalue weighted by atomic mass is 10.1. The van der Waals surface area contributed by atoms with Crippen molar-refractivity contribution >= 4 is 46.8 Å². The Morgan fingerprint density at radius 3 is 1.01 bits per heavy atom. The van der Waals surface area contributed by atoms with E-state index in [1.807, 2.05) is 48.5 Å². The van der Waals surface area contributed by atoms with E-state index in [1.54, 1.807) is 50.3 Å². The van der Waals surface area contributed by atoms with Crippen molar-refractivity contribution in [2.45, 2.75) is 182 Å². The fourth-order valence-electron chi connectivity index (χ4n) is 9.65. The molecule has 0 bridgehead atoms. The minimum Gasteiger partial charge on any atom is -0.494 e. The lowest BCUT2D eigenvalue weighted by Crippen LogP contribution is -2.12. The van der Waals surface area contributed by atoms with Crippen LogP contribution >= 0.6 is 0 Å². The van der Waals surface area contributed by atoms with Crippen LogP contribution < -0.4 is 28.4 Å². The van der Waals surface area contributed by atoms with Crippen molar-refractivity contribution in [2.24, 2.45) is 0 Å². The zero-order valence-corrected chi connectivity index (χ0v) is 49.9. The molecule has 0 aliphatic carbocycles. The van der Waals surface area contributed by atoms with E-state index < -0.39 is 35.5 Å². The molecule has 0 aliphatic rings. The van der Waals surface area contributed by atoms with Crippen LogP contribution in [-0.4, -0.2) is 37.1 Å². The Morgan fingerprint density at radius 2 is 0.679 bits per heavy atom. The molecule has 0 N–H and O–H groups in total. The predicted molar refractivity (Wildman–Crippen MR) is 331 cm³/mol. The van der Waals surface area contributed by atoms with Gasteiger partial charge in [-0.25, -0.2) is 28.0 Å². The molecule has 0 saturated carbocycles. The number of halogens is 2. The Bertz CT molecular complexity index is 2870. The Balaban J connectivity index is 0.899. The third kappa shape index (κ3) is 23.6. The Kier molecular flexibility index (Phi) is 28.8. The number of hydrogen-bond acceptors (Lipinski definition) is 10. The van der Waals surface area contributed by atoms with Gasteiger partial charge in [0.15, 0.2) is 23.1 Å². The quantitative estimate of drug-likeness (QED) is 0.0160. The number of esters is 4. The summed E-state index contributed by atoms with van der Waals surface area (Å²) in [6.07, 6.45) is 34.0. The summed E-state index contributed by atoms with van der Waals surface area (Å²) in [7, 11) is 0. The normalized spacial score (nSPS) is 11.6. The fraction of sp³-hybridized carbons (Fsp3) is 0.417. The molecule has 448 valence electrons. The summed E-state index contributed by atoms with van der Waals surface area (Å²) >= 11 is 0. The summed E-state index contributed by atoms with van der Waals surface area (Å²) in [5.74, 6) is -4.13. The standard InChI is InChI=1S/C72H86F2O10/c1-5-7-9-11-13-15-17-19-21-23-25-27-45-79-61-37-29-55(30-38-61)47-53(3)69(75)83-67-43-35-58(51-65(67)73)71(77)81-63-41-33-57-34-42-64(50-60(57)49-63)82-72(78)59-36-44-68(66(74)52-59)84-70(76)54(4)48-56-31-39-62(40-32-56)80-46-28-26-24-22-20-18-16-14-12-10-8-6-2/h29-44,47-52H,5-28,45-46H2,1-4H3/b53-47+,54-48+. The molecule has 0 fully saturated rings. The van der Waals surface area contributed by atoms with Gasteiger partial charge in [0.2, 0.25) is 0 Å². The summed E-state index contributed by atoms with van der Waals surface area (Å²) in [6.45, 7) is 8.93. The summed E-state index contributed by atoms with van der Waals surface area (Å²) < 4.78 is 64.2. The van der Waals surface area contributed by atoms with Gasteiger partial charge in [-0.05, 0) is 146 Å². The first-order chi connectivity index (χ1) is 40.9. The van der Waals surface area contributed by atoms with Crippen LogP contribution in [0.4, 0.5) is 8.78 Å². The molecule has 0 spiro atoms. The molecule has 0 unspecified atom stereocenters. The van der Waals surface area contributed by atoms with Crippen molar-refractivity contribution < 1.29 is 56.4 Å². The van der Waals surface area contributed by atoms with E-state index in [4.69, 9.17) is 28.4 Å². The van der Waals surface area contributed by atoms with Crippen LogP contribution in [0.15, 0.2) is 132 Å². The van der Waals surface area contributed by atoms with E-state index in [9.17, 15) is 19.2 Å². The minimum absolute atomic E-state index is 0.118. The molecule has 0 atom stereocenters. The highest BCUT2D eigenvalue weighted by atomic mass is 19.1. The van der Waals surface area contributed by atoms with Crippen molar-refractivity contribution in [1.29, 1.82) is 0 Å². The van der Waals surface area contributed by atoms with Gasteiger partial charge in [0.1, 0.15) is 23.0 Å². The largest absolute Gasteiger partial charge is 0.494 e. The first-order valence-electron chi connectivity index (χ1n) is 30.7. The zero-order chi connectivity index (χ0) is 59.7. The maximum atomic E-state index is 15.3. The van der Waals surface area contributed by atoms with E-state index in [1.165, 1.54) is 165 Å². The first kappa shape index (κ1) is 65.6. The van der Waals surface area contributed by atoms with Crippen LogP contribution in [-0.2, 0) is 9.59 Å². The zero-order valence-electron chi connectivity index (χ0n) is 49.9. The number of ether oxygens (including phenoxy) is 6. The van der Waals surface area contributed by atoms with Gasteiger partial charge in [-0.15, -0.1) is 0 Å². The number of benzene rings is 6. The van der Waals surface area contributed by atoms with Gasteiger partial charge in [0.05, 0.1) is 24.3 Å². The summed E-state index contributed by atoms with van der Waals surface area (Å²) in [4.78, 5) is 52.3. The molecule has 0 saturated heterocycles. The molecule has 6 aromatic rings. The van der Waals surface area contributed by atoms with Crippen molar-refractivity contribution in [3.63, 3.8) is 0 Å². The maximum absolute atomic E-state index is 15.3. The van der Waals surface area contributed by atoms with Gasteiger partial charge in [0.25, 0.3) is 0 Å². The topological polar surface area (TPSA) is 124 Å². The van der Waals surface area contributed by atoms with E-state index in [-0.39, 0.29) is 45.3 Å². The Hall–Kier alpha value is -7.60. The monoisotopic (exact) mass is 1150 g/mol. The molecule has 0 amide bonds. The Labute approximate surface area is 496 Å². The molecule has 6 rings (SSSR count). The molecule has 6 aromatic carbocycles. The molecule has 0 aromatic heterocycles. The highest BCUT2D eigenvalue weighted by Crippen LogP contribution is 2.29. The highest BCUT2D eigenvalue weighted by Gasteiger charge is 2.19. The number of unbranched alkanes of at least 4 members (excludes halogenated alkanes) is 22. The average molecular weight is 1150 g/mol. The molecule has 10 nitrogen and oxygen atoms in total. The number of hydrogen-bond donors (Lipinski definition) is 0. The van der Waals surface area contributed by atoms with Gasteiger partial charge in [-0.1, -0.05) is 192 Å². The van der Waals surface area contributed by atoms with Gasteiger partial charge >= 0.3 is 23.9 Å². The second-order valence-electron chi connectivity index (χ2n) is 21.8. The third-order valence-electron chi connectivity index (χ3n) is 14.6. The number of rotatable bonds is 38. The van der Waals surface area contributed by atoms with Crippen LogP contribution in [0, 0.1) is 11.6 Å². The Morgan fingerprint density at radius 1 is 0.357 bits per heavy atom. The van der Waals surface area contributed by atoms with Gasteiger partial charge < -0.3 is 28.4 Å². The third-order valence-corrected chi connectivity index (χ3v) is 14.6. The molecule has 0 heterocycles. The van der Waals surface area contributed by atoms with Crippen LogP contribution in [0.2, 0.25) is 0 Å². The van der Waals surface area contributed by atoms with E-state index in [2.05, 4.69) is 13.8 Å². The summed E-state index contributed by atoms with van der Waals surface area (Å²) in [5.41, 5.74) is 1.71. The molecule has 84 heavy (non-hydrogen) atoms. The second kappa shape index (κ2) is 36.9. The van der Waals surface area contributed by atoms with Crippen molar-refractivity contribution in [3.8, 4) is 34.5 Å². The minimum atomic E-state index is -0.938. The SMILES string of the molecule is CCCCCCCCCCCCCCOc1ccc(/C=C(\C)C(=O)Oc2ccc(C(=O)Oc3ccc4ccc(OC(=O)c5ccc(OC(=O)/C(C)=C/c6ccc(OCCCCCCCCCCCCCC)cc6)c(F)c5)cc4c3)cc2F)cc1. The van der Waals surface area contributed by atoms with Crippen molar-refractivity contribution in [3.05, 3.63) is 166 Å². The van der Waals surface area contributed by atoms with E-state index in [0.29, 0.717) is 18.6 Å². The second-order valence-corrected chi connectivity index (χ2v) is 21.8. The van der Waals surface area contributed by atoms with Crippen LogP contribution in [0.5, 0.6) is 34.5 Å². The molecule has 0 radical (unpaired) electrons. The molecule has 0 aliphatic heterocycles. The lowest BCUT2D eigenvalue weighted by Gasteiger charge is -2.10. The van der Waals surface area contributed by atoms with Gasteiger partial charge in [-0.3, -0.25) is 0 Å². The first-order valence-corrected chi connectivity index (χ1v) is 30.7. The van der Waals surface area contributed by atoms with Crippen LogP contribution in [0.3, 0.4) is 0 Å². The van der Waals surface area contributed by atoms with Gasteiger partial charge in [-0.2, -0.15) is 0 Å². The number of carbonyl (C=O) groups is 4. The highest BCUT2D eigenvalue weighted by molar-refractivity contribution is 5.97. The number of carbonyl (C=O) groups excluding carboxylic acids is 4. The van der Waals surface area contributed by atoms with Gasteiger partial charge in [0, 0.05) is 11.1 Å². The molecule has 12 heteroatoms. The van der Waals surface area contributed by atoms with Crippen LogP contribution in [0.1, 0.15) is 214 Å². The maximum Gasteiger partial charge on any atom is 0.343 e. The van der Waals surface area contributed by atoms with E-state index in [0.717, 1.165) is 65.8 Å². The summed E-state index contributed by atoms with van der Waals surface area (Å²) in [6, 6.07) is 31.1. The van der Waals surface area contributed by atoms with Crippen molar-refractivity contribution in [1.82, 2.24) is 0 Å². The lowest BCUT2D eigenvalue weighted by molar-refractivity contribution is -0.131. The summed E-state index contributed by atoms with van der Waals surface area (Å²) in [5, 5.41) is 1.25. The average Bonchev–Trinajstić information content (AvgIpc) is 3.69. The van der Waals surface area contributed by atoms with Crippen LogP contribution in [0.25, 0.3) is 22.9 Å². The van der Waals surface area contributed by atoms with E-state index >= 15 is 8.78 Å². The number of fused-ring (bicyclic) bond motifs is 1.